The van der Waals surface area contributed by atoms with E-state index in [0.29, 0.717) is 11.7 Å². The van der Waals surface area contributed by atoms with Gasteiger partial charge in [0.1, 0.15) is 0 Å². The lowest BCUT2D eigenvalue weighted by Crippen LogP contribution is -2.44. The van der Waals surface area contributed by atoms with Gasteiger partial charge in [-0.05, 0) is 19.2 Å². The number of nitrogens with zero attached hydrogens (tertiary/aromatic N) is 4. The third-order valence-corrected chi connectivity index (χ3v) is 5.28. The number of nitrogens with one attached hydrogen (secondary N) is 1. The third kappa shape index (κ3) is 2.66. The van der Waals surface area contributed by atoms with Gasteiger partial charge in [0.05, 0.1) is 15.8 Å². The lowest BCUT2D eigenvalue weighted by atomic mass is 10.2. The predicted octanol–water partition coefficient (Wildman–Crippen LogP) is 2.44. The van der Waals surface area contributed by atoms with E-state index in [1.807, 2.05) is 13.1 Å². The molecule has 0 aliphatic carbocycles. The van der Waals surface area contributed by atoms with Gasteiger partial charge in [-0.2, -0.15) is 4.98 Å². The summed E-state index contributed by atoms with van der Waals surface area (Å²) in [6.45, 7) is 2.67. The van der Waals surface area contributed by atoms with Crippen LogP contribution in [-0.4, -0.2) is 46.6 Å². The quantitative estimate of drug-likeness (QED) is 0.575. The zero-order valence-electron chi connectivity index (χ0n) is 12.9. The minimum Gasteiger partial charge on any atom is -0.333 e. The number of piperazine rings is 1. The summed E-state index contributed by atoms with van der Waals surface area (Å²) < 4.78 is 6.37. The molecule has 1 fully saturated rings. The first-order valence-corrected chi connectivity index (χ1v) is 8.36. The van der Waals surface area contributed by atoms with Gasteiger partial charge < -0.3 is 9.84 Å². The van der Waals surface area contributed by atoms with Crippen LogP contribution in [0.4, 0.5) is 5.69 Å². The van der Waals surface area contributed by atoms with Gasteiger partial charge in [0.25, 0.3) is 11.6 Å². The van der Waals surface area contributed by atoms with Gasteiger partial charge >= 0.3 is 0 Å². The minimum absolute atomic E-state index is 0.0768. The second-order valence-corrected chi connectivity index (χ2v) is 6.83. The molecule has 1 unspecified atom stereocenters. The number of benzene rings is 1. The van der Waals surface area contributed by atoms with Crippen molar-refractivity contribution < 1.29 is 9.45 Å². The highest BCUT2D eigenvalue weighted by atomic mass is 32.1. The van der Waals surface area contributed by atoms with Crippen LogP contribution in [0.2, 0.25) is 0 Å². The first-order chi connectivity index (χ1) is 11.6. The first kappa shape index (κ1) is 15.2. The van der Waals surface area contributed by atoms with Crippen LogP contribution >= 0.6 is 11.3 Å². The summed E-state index contributed by atoms with van der Waals surface area (Å²) in [6.07, 6.45) is 0. The summed E-state index contributed by atoms with van der Waals surface area (Å²) in [5, 5.41) is 19.1. The molecule has 1 N–H and O–H groups in total. The fourth-order valence-corrected chi connectivity index (χ4v) is 3.78. The van der Waals surface area contributed by atoms with E-state index < -0.39 is 4.92 Å². The number of fused-ring (bicyclic) bond motifs is 1. The molecule has 4 rings (SSSR count). The number of nitro benzene ring substituents is 1. The van der Waals surface area contributed by atoms with Gasteiger partial charge in [-0.15, -0.1) is 11.3 Å². The Kier molecular flexibility index (Phi) is 3.75. The van der Waals surface area contributed by atoms with Crippen molar-refractivity contribution in [3.8, 4) is 10.8 Å². The molecule has 3 heterocycles. The Morgan fingerprint density at radius 3 is 3.12 bits per heavy atom. The molecule has 0 saturated carbocycles. The van der Waals surface area contributed by atoms with E-state index in [9.17, 15) is 10.1 Å². The van der Waals surface area contributed by atoms with Crippen LogP contribution in [-0.2, 0) is 0 Å². The number of nitro groups is 1. The number of thiophene rings is 1. The molecular weight excluding hydrogens is 330 g/mol. The summed E-state index contributed by atoms with van der Waals surface area (Å²) >= 11 is 1.48. The predicted molar refractivity (Wildman–Crippen MR) is 90.0 cm³/mol. The van der Waals surface area contributed by atoms with E-state index in [2.05, 4.69) is 20.4 Å². The highest BCUT2D eigenvalue weighted by Crippen LogP contribution is 2.35. The van der Waals surface area contributed by atoms with E-state index in [1.165, 1.54) is 17.4 Å². The van der Waals surface area contributed by atoms with Crippen LogP contribution in [0, 0.1) is 10.1 Å². The SMILES string of the molecule is CN1CCNCC1c1noc(-c2cc3cc([N+](=O)[O-])ccc3s2)n1. The van der Waals surface area contributed by atoms with Gasteiger partial charge in [0.2, 0.25) is 0 Å². The zero-order valence-corrected chi connectivity index (χ0v) is 13.7. The molecule has 1 saturated heterocycles. The number of aromatic nitrogens is 2. The highest BCUT2D eigenvalue weighted by Gasteiger charge is 2.26. The van der Waals surface area contributed by atoms with Crippen LogP contribution in [0.5, 0.6) is 0 Å². The Hall–Kier alpha value is -2.36. The fraction of sp³-hybridized carbons (Fsp3) is 0.333. The summed E-state index contributed by atoms with van der Waals surface area (Å²) in [7, 11) is 2.04. The molecule has 0 spiro atoms. The molecule has 1 aliphatic heterocycles. The largest absolute Gasteiger partial charge is 0.333 e. The van der Waals surface area contributed by atoms with Gasteiger partial charge in [0, 0.05) is 41.9 Å². The lowest BCUT2D eigenvalue weighted by molar-refractivity contribution is -0.384. The number of rotatable bonds is 3. The van der Waals surface area contributed by atoms with Crippen molar-refractivity contribution in [2.24, 2.45) is 0 Å². The molecule has 1 atom stereocenters. The molecule has 9 heteroatoms. The highest BCUT2D eigenvalue weighted by molar-refractivity contribution is 7.22. The van der Waals surface area contributed by atoms with E-state index in [-0.39, 0.29) is 11.7 Å². The Balaban J connectivity index is 1.66. The van der Waals surface area contributed by atoms with Crippen molar-refractivity contribution in [1.82, 2.24) is 20.4 Å². The molecule has 1 aliphatic rings. The molecule has 124 valence electrons. The zero-order chi connectivity index (χ0) is 16.7. The standard InChI is InChI=1S/C15H15N5O3S/c1-19-5-4-16-8-11(19)14-17-15(23-18-14)13-7-9-6-10(20(21)22)2-3-12(9)24-13/h2-3,6-7,11,16H,4-5,8H2,1H3. The second-order valence-electron chi connectivity index (χ2n) is 5.75. The number of hydrogen-bond acceptors (Lipinski definition) is 8. The van der Waals surface area contributed by atoms with Crippen molar-refractivity contribution in [2.75, 3.05) is 26.7 Å². The topological polar surface area (TPSA) is 97.3 Å². The van der Waals surface area contributed by atoms with E-state index in [1.54, 1.807) is 12.1 Å². The van der Waals surface area contributed by atoms with Crippen molar-refractivity contribution in [3.05, 3.63) is 40.2 Å². The Morgan fingerprint density at radius 1 is 1.46 bits per heavy atom. The van der Waals surface area contributed by atoms with Crippen LogP contribution in [0.25, 0.3) is 20.9 Å². The van der Waals surface area contributed by atoms with Crippen LogP contribution in [0.15, 0.2) is 28.8 Å². The molecular formula is C15H15N5O3S. The summed E-state index contributed by atoms with van der Waals surface area (Å²) in [5.41, 5.74) is 0.0768. The first-order valence-electron chi connectivity index (χ1n) is 7.55. The molecule has 3 aromatic rings. The maximum Gasteiger partial charge on any atom is 0.270 e. The summed E-state index contributed by atoms with van der Waals surface area (Å²) in [6, 6.07) is 6.76. The molecule has 8 nitrogen and oxygen atoms in total. The van der Waals surface area contributed by atoms with Crippen molar-refractivity contribution >= 4 is 27.1 Å². The maximum atomic E-state index is 10.9. The Labute approximate surface area is 141 Å². The van der Waals surface area contributed by atoms with E-state index in [4.69, 9.17) is 4.52 Å². The number of non-ortho nitro benzene ring substituents is 1. The second kappa shape index (κ2) is 5.93. The van der Waals surface area contributed by atoms with Gasteiger partial charge in [-0.1, -0.05) is 5.16 Å². The van der Waals surface area contributed by atoms with Crippen LogP contribution in [0.1, 0.15) is 11.9 Å². The van der Waals surface area contributed by atoms with Gasteiger partial charge in [-0.3, -0.25) is 15.0 Å². The fourth-order valence-electron chi connectivity index (χ4n) is 2.81. The van der Waals surface area contributed by atoms with Crippen molar-refractivity contribution in [2.45, 2.75) is 6.04 Å². The molecule has 0 amide bonds. The average Bonchev–Trinajstić information content (AvgIpc) is 3.21. The number of likely N-dealkylation sites (N-methyl/N-ethyl adjacent to an activating group) is 1. The smallest absolute Gasteiger partial charge is 0.270 e. The van der Waals surface area contributed by atoms with E-state index in [0.717, 1.165) is 34.6 Å². The van der Waals surface area contributed by atoms with Gasteiger partial charge in [0.15, 0.2) is 5.82 Å². The molecule has 1 aromatic carbocycles. The summed E-state index contributed by atoms with van der Waals surface area (Å²) in [5.74, 6) is 1.11. The molecule has 0 bridgehead atoms. The normalized spacial score (nSPS) is 19.0. The molecule has 24 heavy (non-hydrogen) atoms. The van der Waals surface area contributed by atoms with E-state index >= 15 is 0 Å². The number of hydrogen-bond donors (Lipinski definition) is 1. The van der Waals surface area contributed by atoms with Crippen LogP contribution in [0.3, 0.4) is 0 Å². The Bertz CT molecular complexity index is 906. The third-order valence-electron chi connectivity index (χ3n) is 4.17. The van der Waals surface area contributed by atoms with Crippen LogP contribution < -0.4 is 5.32 Å². The van der Waals surface area contributed by atoms with Crippen molar-refractivity contribution in [1.29, 1.82) is 0 Å². The molecule has 0 radical (unpaired) electrons. The Morgan fingerprint density at radius 2 is 2.33 bits per heavy atom. The maximum absolute atomic E-state index is 10.9. The van der Waals surface area contributed by atoms with Gasteiger partial charge in [-0.25, -0.2) is 0 Å². The van der Waals surface area contributed by atoms with Crippen molar-refractivity contribution in [3.63, 3.8) is 0 Å². The molecule has 2 aromatic heterocycles. The summed E-state index contributed by atoms with van der Waals surface area (Å²) in [4.78, 5) is 18.0. The lowest BCUT2D eigenvalue weighted by Gasteiger charge is -2.30. The monoisotopic (exact) mass is 345 g/mol. The minimum atomic E-state index is -0.395. The average molecular weight is 345 g/mol.